The number of rotatable bonds is 4. The summed E-state index contributed by atoms with van der Waals surface area (Å²) in [5.74, 6) is 0. The van der Waals surface area contributed by atoms with Gasteiger partial charge in [0, 0.05) is 28.5 Å². The van der Waals surface area contributed by atoms with E-state index in [-0.39, 0.29) is 11.4 Å². The van der Waals surface area contributed by atoms with Crippen molar-refractivity contribution in [2.45, 2.75) is 60.8 Å². The minimum absolute atomic E-state index is 0.0701. The van der Waals surface area contributed by atoms with Crippen LogP contribution in [0.1, 0.15) is 61.1 Å². The molecule has 5 rings (SSSR count). The molecule has 198 valence electrons. The molecule has 2 aliphatic heterocycles. The minimum Gasteiger partial charge on any atom is -0.374 e. The molecule has 2 aromatic carbocycles. The molecule has 3 unspecified atom stereocenters. The van der Waals surface area contributed by atoms with Gasteiger partial charge in [-0.25, -0.2) is 4.98 Å². The molecule has 9 heteroatoms. The van der Waals surface area contributed by atoms with Crippen molar-refractivity contribution in [2.24, 2.45) is 0 Å². The van der Waals surface area contributed by atoms with Gasteiger partial charge in [-0.05, 0) is 79.6 Å². The maximum absolute atomic E-state index is 12.8. The summed E-state index contributed by atoms with van der Waals surface area (Å²) in [7, 11) is 0. The molecule has 3 aromatic rings. The summed E-state index contributed by atoms with van der Waals surface area (Å²) in [5.41, 5.74) is 1.43. The number of hydrogen-bond donors (Lipinski definition) is 0. The molecule has 2 fully saturated rings. The Labute approximate surface area is 229 Å². The summed E-state index contributed by atoms with van der Waals surface area (Å²) in [6.45, 7) is 1.47. The monoisotopic (exact) mass is 569 g/mol. The number of aromatic nitrogens is 1. The molecule has 3 nitrogen and oxygen atoms in total. The standard InChI is InChI=1S/C17H15ClF3NOS.C11H13ClO/c18-12-6-4-11(5-7-12)14-10-13(8-9-23-14)24-16-3-1-2-15(22-16)17(19,20)21;12-10-6-4-9(5-7-10)11-3-1-2-8-13-11/h1-7,13-14H,8-10H2;4-7,11H,1-3,8H2. The number of alkyl halides is 3. The summed E-state index contributed by atoms with van der Waals surface area (Å²) in [6, 6.07) is 19.4. The second kappa shape index (κ2) is 13.3. The summed E-state index contributed by atoms with van der Waals surface area (Å²) in [6.07, 6.45) is 0.930. The van der Waals surface area contributed by atoms with Gasteiger partial charge in [0.1, 0.15) is 5.69 Å². The van der Waals surface area contributed by atoms with Crippen LogP contribution in [0.3, 0.4) is 0 Å². The molecule has 3 heterocycles. The van der Waals surface area contributed by atoms with Crippen LogP contribution >= 0.6 is 35.0 Å². The van der Waals surface area contributed by atoms with Crippen LogP contribution in [-0.4, -0.2) is 23.4 Å². The first kappa shape index (κ1) is 28.2. The predicted molar refractivity (Wildman–Crippen MR) is 142 cm³/mol. The molecule has 2 aliphatic rings. The highest BCUT2D eigenvalue weighted by molar-refractivity contribution is 7.99. The van der Waals surface area contributed by atoms with Gasteiger partial charge < -0.3 is 9.47 Å². The van der Waals surface area contributed by atoms with Crippen molar-refractivity contribution in [1.82, 2.24) is 4.98 Å². The lowest BCUT2D eigenvalue weighted by molar-refractivity contribution is -0.141. The van der Waals surface area contributed by atoms with Crippen molar-refractivity contribution in [2.75, 3.05) is 13.2 Å². The lowest BCUT2D eigenvalue weighted by Crippen LogP contribution is -2.21. The Morgan fingerprint density at radius 1 is 0.757 bits per heavy atom. The number of halogens is 5. The molecule has 3 atom stereocenters. The van der Waals surface area contributed by atoms with E-state index in [1.807, 2.05) is 36.4 Å². The normalized spacial score (nSPS) is 22.1. The molecule has 0 aliphatic carbocycles. The first-order valence-electron chi connectivity index (χ1n) is 12.2. The quantitative estimate of drug-likeness (QED) is 0.313. The average molecular weight is 571 g/mol. The van der Waals surface area contributed by atoms with Crippen LogP contribution in [0.25, 0.3) is 0 Å². The zero-order chi connectivity index (χ0) is 26.3. The molecule has 0 spiro atoms. The third-order valence-corrected chi connectivity index (χ3v) is 7.93. The second-order valence-corrected chi connectivity index (χ2v) is 11.1. The Bertz CT molecular complexity index is 1120. The number of benzene rings is 2. The summed E-state index contributed by atoms with van der Waals surface area (Å²) >= 11 is 13.1. The smallest absolute Gasteiger partial charge is 0.374 e. The fourth-order valence-electron chi connectivity index (χ4n) is 4.27. The van der Waals surface area contributed by atoms with E-state index in [0.717, 1.165) is 42.5 Å². The number of pyridine rings is 1. The van der Waals surface area contributed by atoms with Gasteiger partial charge in [-0.2, -0.15) is 13.2 Å². The highest BCUT2D eigenvalue weighted by atomic mass is 35.5. The van der Waals surface area contributed by atoms with Crippen molar-refractivity contribution in [3.05, 3.63) is 93.6 Å². The first-order chi connectivity index (χ1) is 17.8. The Balaban J connectivity index is 0.000000207. The fourth-order valence-corrected chi connectivity index (χ4v) is 5.66. The van der Waals surface area contributed by atoms with Gasteiger partial charge in [-0.1, -0.05) is 53.5 Å². The van der Waals surface area contributed by atoms with Gasteiger partial charge in [-0.15, -0.1) is 11.8 Å². The largest absolute Gasteiger partial charge is 0.433 e. The van der Waals surface area contributed by atoms with E-state index in [1.54, 1.807) is 6.07 Å². The summed E-state index contributed by atoms with van der Waals surface area (Å²) in [4.78, 5) is 3.73. The Morgan fingerprint density at radius 2 is 1.38 bits per heavy atom. The van der Waals surface area contributed by atoms with Crippen molar-refractivity contribution < 1.29 is 22.6 Å². The molecular formula is C28H28Cl2F3NO2S. The van der Waals surface area contributed by atoms with Crippen molar-refractivity contribution in [3.8, 4) is 0 Å². The van der Waals surface area contributed by atoms with Gasteiger partial charge in [0.05, 0.1) is 17.2 Å². The van der Waals surface area contributed by atoms with E-state index < -0.39 is 11.9 Å². The molecule has 2 saturated heterocycles. The van der Waals surface area contributed by atoms with Crippen LogP contribution in [0.2, 0.25) is 10.0 Å². The zero-order valence-electron chi connectivity index (χ0n) is 20.1. The predicted octanol–water partition coefficient (Wildman–Crippen LogP) is 9.35. The van der Waals surface area contributed by atoms with Gasteiger partial charge in [0.2, 0.25) is 0 Å². The molecule has 0 bridgehead atoms. The van der Waals surface area contributed by atoms with E-state index in [9.17, 15) is 13.2 Å². The van der Waals surface area contributed by atoms with Crippen LogP contribution in [0.4, 0.5) is 13.2 Å². The zero-order valence-corrected chi connectivity index (χ0v) is 22.4. The van der Waals surface area contributed by atoms with Gasteiger partial charge >= 0.3 is 6.18 Å². The van der Waals surface area contributed by atoms with Crippen LogP contribution in [0, 0.1) is 0 Å². The molecule has 37 heavy (non-hydrogen) atoms. The van der Waals surface area contributed by atoms with Crippen LogP contribution < -0.4 is 0 Å². The molecule has 0 N–H and O–H groups in total. The van der Waals surface area contributed by atoms with Crippen LogP contribution in [0.5, 0.6) is 0 Å². The number of nitrogens with zero attached hydrogens (tertiary/aromatic N) is 1. The van der Waals surface area contributed by atoms with E-state index >= 15 is 0 Å². The second-order valence-electron chi connectivity index (χ2n) is 8.94. The fraction of sp³-hybridized carbons (Fsp3) is 0.393. The van der Waals surface area contributed by atoms with E-state index in [4.69, 9.17) is 32.7 Å². The molecular weight excluding hydrogens is 542 g/mol. The maximum Gasteiger partial charge on any atom is 0.433 e. The first-order valence-corrected chi connectivity index (χ1v) is 13.9. The van der Waals surface area contributed by atoms with Gasteiger partial charge in [0.15, 0.2) is 0 Å². The minimum atomic E-state index is -4.42. The Morgan fingerprint density at radius 3 is 1.97 bits per heavy atom. The number of ether oxygens (including phenoxy) is 2. The molecule has 0 saturated carbocycles. The number of thioether (sulfide) groups is 1. The van der Waals surface area contributed by atoms with Crippen LogP contribution in [-0.2, 0) is 15.7 Å². The summed E-state index contributed by atoms with van der Waals surface area (Å²) < 4.78 is 49.7. The topological polar surface area (TPSA) is 31.4 Å². The highest BCUT2D eigenvalue weighted by Crippen LogP contribution is 2.38. The number of hydrogen-bond acceptors (Lipinski definition) is 4. The van der Waals surface area contributed by atoms with Crippen molar-refractivity contribution >= 4 is 35.0 Å². The lowest BCUT2D eigenvalue weighted by atomic mass is 10.0. The lowest BCUT2D eigenvalue weighted by Gasteiger charge is -2.29. The highest BCUT2D eigenvalue weighted by Gasteiger charge is 2.33. The third-order valence-electron chi connectivity index (χ3n) is 6.20. The Hall–Kier alpha value is -1.77. The van der Waals surface area contributed by atoms with E-state index in [2.05, 4.69) is 17.1 Å². The maximum atomic E-state index is 12.8. The molecule has 0 radical (unpaired) electrons. The van der Waals surface area contributed by atoms with Crippen molar-refractivity contribution in [3.63, 3.8) is 0 Å². The van der Waals surface area contributed by atoms with Gasteiger partial charge in [0.25, 0.3) is 0 Å². The Kier molecular flexibility index (Phi) is 10.2. The van der Waals surface area contributed by atoms with E-state index in [1.165, 1.54) is 36.2 Å². The van der Waals surface area contributed by atoms with Gasteiger partial charge in [-0.3, -0.25) is 0 Å². The van der Waals surface area contributed by atoms with Crippen LogP contribution in [0.15, 0.2) is 71.8 Å². The van der Waals surface area contributed by atoms with Crippen molar-refractivity contribution in [1.29, 1.82) is 0 Å². The summed E-state index contributed by atoms with van der Waals surface area (Å²) in [5, 5.41) is 2.01. The third kappa shape index (κ3) is 8.62. The molecule has 0 amide bonds. The van der Waals surface area contributed by atoms with E-state index in [0.29, 0.717) is 22.8 Å². The SMILES string of the molecule is Clc1ccc(C2CCCCO2)cc1.FC(F)(F)c1cccc(SC2CCOC(c3ccc(Cl)cc3)C2)n1. The molecule has 1 aromatic heterocycles. The average Bonchev–Trinajstić information content (AvgIpc) is 2.90.